The molecule has 9 heteroatoms. The highest BCUT2D eigenvalue weighted by molar-refractivity contribution is 7.99. The summed E-state index contributed by atoms with van der Waals surface area (Å²) in [6.07, 6.45) is 1.52. The SMILES string of the molecule is COc1cc(/C=C(/NC(=O)c2ccccc2)C(=O)Nc2cccc(SCC#N)c2)cc(OC)c1OC. The quantitative estimate of drug-likeness (QED) is 0.304. The summed E-state index contributed by atoms with van der Waals surface area (Å²) >= 11 is 1.36. The second-order valence-electron chi connectivity index (χ2n) is 7.27. The zero-order valence-electron chi connectivity index (χ0n) is 20.0. The van der Waals surface area contributed by atoms with Gasteiger partial charge in [0.1, 0.15) is 5.70 Å². The molecule has 3 rings (SSSR count). The molecule has 3 aromatic carbocycles. The van der Waals surface area contributed by atoms with Gasteiger partial charge in [-0.05, 0) is 54.1 Å². The summed E-state index contributed by atoms with van der Waals surface area (Å²) in [4.78, 5) is 27.0. The number of carbonyl (C=O) groups is 2. The second kappa shape index (κ2) is 12.9. The number of nitrogens with one attached hydrogen (secondary N) is 2. The Kier molecular flexibility index (Phi) is 9.37. The molecule has 0 radical (unpaired) electrons. The summed E-state index contributed by atoms with van der Waals surface area (Å²) in [5.41, 5.74) is 1.47. The summed E-state index contributed by atoms with van der Waals surface area (Å²) in [5.74, 6) is 0.525. The molecule has 2 amide bonds. The van der Waals surface area contributed by atoms with Crippen molar-refractivity contribution in [2.75, 3.05) is 32.4 Å². The molecule has 0 bridgehead atoms. The van der Waals surface area contributed by atoms with Crippen LogP contribution >= 0.6 is 11.8 Å². The van der Waals surface area contributed by atoms with Crippen molar-refractivity contribution >= 4 is 35.3 Å². The van der Waals surface area contributed by atoms with E-state index in [-0.39, 0.29) is 11.4 Å². The highest BCUT2D eigenvalue weighted by Crippen LogP contribution is 2.38. The maximum absolute atomic E-state index is 13.3. The Labute approximate surface area is 213 Å². The van der Waals surface area contributed by atoms with Gasteiger partial charge >= 0.3 is 0 Å². The van der Waals surface area contributed by atoms with Crippen molar-refractivity contribution in [3.8, 4) is 23.3 Å². The minimum Gasteiger partial charge on any atom is -0.493 e. The number of nitriles is 1. The zero-order chi connectivity index (χ0) is 25.9. The first-order chi connectivity index (χ1) is 17.5. The first kappa shape index (κ1) is 26.2. The number of benzene rings is 3. The Balaban J connectivity index is 1.98. The van der Waals surface area contributed by atoms with Crippen LogP contribution in [-0.4, -0.2) is 38.9 Å². The molecule has 0 aliphatic heterocycles. The van der Waals surface area contributed by atoms with Crippen molar-refractivity contribution in [3.63, 3.8) is 0 Å². The molecule has 0 spiro atoms. The molecule has 0 fully saturated rings. The molecule has 0 aliphatic carbocycles. The summed E-state index contributed by atoms with van der Waals surface area (Å²) < 4.78 is 16.2. The Morgan fingerprint density at radius 3 is 2.25 bits per heavy atom. The number of carbonyl (C=O) groups excluding carboxylic acids is 2. The summed E-state index contributed by atoms with van der Waals surface area (Å²) in [5, 5.41) is 14.3. The standard InChI is InChI=1S/C27H25N3O5S/c1-33-23-15-18(16-24(34-2)25(23)35-3)14-22(30-26(31)19-8-5-4-6-9-19)27(32)29-20-10-7-11-21(17-20)36-13-12-28/h4-11,14-17H,13H2,1-3H3,(H,29,32)(H,30,31)/b22-14+. The fourth-order valence-electron chi connectivity index (χ4n) is 3.27. The molecular formula is C27H25N3O5S. The van der Waals surface area contributed by atoms with Gasteiger partial charge in [-0.25, -0.2) is 0 Å². The lowest BCUT2D eigenvalue weighted by atomic mass is 10.1. The van der Waals surface area contributed by atoms with Gasteiger partial charge < -0.3 is 24.8 Å². The van der Waals surface area contributed by atoms with Gasteiger partial charge in [-0.1, -0.05) is 24.3 Å². The van der Waals surface area contributed by atoms with Crippen LogP contribution in [0.5, 0.6) is 17.2 Å². The largest absolute Gasteiger partial charge is 0.493 e. The van der Waals surface area contributed by atoms with Gasteiger partial charge in [-0.15, -0.1) is 11.8 Å². The van der Waals surface area contributed by atoms with E-state index in [2.05, 4.69) is 16.7 Å². The Bertz CT molecular complexity index is 1280. The molecule has 0 atom stereocenters. The molecule has 8 nitrogen and oxygen atoms in total. The van der Waals surface area contributed by atoms with Crippen LogP contribution in [0, 0.1) is 11.3 Å². The maximum atomic E-state index is 13.3. The molecular weight excluding hydrogens is 478 g/mol. The van der Waals surface area contributed by atoms with E-state index >= 15 is 0 Å². The van der Waals surface area contributed by atoms with Crippen LogP contribution in [0.15, 0.2) is 77.3 Å². The van der Waals surface area contributed by atoms with Crippen molar-refractivity contribution in [1.29, 1.82) is 5.26 Å². The monoisotopic (exact) mass is 503 g/mol. The lowest BCUT2D eigenvalue weighted by molar-refractivity contribution is -0.113. The average molecular weight is 504 g/mol. The second-order valence-corrected chi connectivity index (χ2v) is 8.31. The lowest BCUT2D eigenvalue weighted by Gasteiger charge is -2.15. The Morgan fingerprint density at radius 1 is 0.944 bits per heavy atom. The summed E-state index contributed by atoms with van der Waals surface area (Å²) in [6, 6.07) is 21.1. The van der Waals surface area contributed by atoms with Gasteiger partial charge in [0, 0.05) is 16.1 Å². The molecule has 0 saturated heterocycles. The van der Waals surface area contributed by atoms with E-state index in [1.807, 2.05) is 6.07 Å². The van der Waals surface area contributed by atoms with E-state index in [1.165, 1.54) is 39.2 Å². The van der Waals surface area contributed by atoms with Crippen molar-refractivity contribution in [1.82, 2.24) is 5.32 Å². The van der Waals surface area contributed by atoms with Crippen molar-refractivity contribution in [2.24, 2.45) is 0 Å². The molecule has 0 saturated carbocycles. The van der Waals surface area contributed by atoms with Crippen molar-refractivity contribution in [2.45, 2.75) is 4.90 Å². The zero-order valence-corrected chi connectivity index (χ0v) is 20.8. The van der Waals surface area contributed by atoms with Gasteiger partial charge in [-0.2, -0.15) is 5.26 Å². The number of thioether (sulfide) groups is 1. The van der Waals surface area contributed by atoms with Crippen molar-refractivity contribution in [3.05, 3.63) is 83.6 Å². The van der Waals surface area contributed by atoms with Crippen LogP contribution in [0.2, 0.25) is 0 Å². The highest BCUT2D eigenvalue weighted by atomic mass is 32.2. The summed E-state index contributed by atoms with van der Waals surface area (Å²) in [6.45, 7) is 0. The predicted octanol–water partition coefficient (Wildman–Crippen LogP) is 4.74. The highest BCUT2D eigenvalue weighted by Gasteiger charge is 2.18. The van der Waals surface area contributed by atoms with Crippen LogP contribution < -0.4 is 24.8 Å². The minimum atomic E-state index is -0.532. The van der Waals surface area contributed by atoms with Crippen LogP contribution in [0.1, 0.15) is 15.9 Å². The molecule has 0 unspecified atom stereocenters. The van der Waals surface area contributed by atoms with E-state index in [0.29, 0.717) is 34.1 Å². The van der Waals surface area contributed by atoms with E-state index in [0.717, 1.165) is 4.90 Å². The molecule has 0 heterocycles. The number of hydrogen-bond donors (Lipinski definition) is 2. The van der Waals surface area contributed by atoms with Crippen molar-refractivity contribution < 1.29 is 23.8 Å². The van der Waals surface area contributed by atoms with E-state index < -0.39 is 11.8 Å². The van der Waals surface area contributed by atoms with Crippen LogP contribution in [0.25, 0.3) is 6.08 Å². The average Bonchev–Trinajstić information content (AvgIpc) is 2.91. The molecule has 0 aromatic heterocycles. The predicted molar refractivity (Wildman–Crippen MR) is 139 cm³/mol. The Morgan fingerprint density at radius 2 is 1.64 bits per heavy atom. The number of methoxy groups -OCH3 is 3. The van der Waals surface area contributed by atoms with Gasteiger partial charge in [0.15, 0.2) is 11.5 Å². The fraction of sp³-hybridized carbons (Fsp3) is 0.148. The van der Waals surface area contributed by atoms with Crippen LogP contribution in [0.4, 0.5) is 5.69 Å². The fourth-order valence-corrected chi connectivity index (χ4v) is 3.89. The third-order valence-electron chi connectivity index (χ3n) is 4.92. The maximum Gasteiger partial charge on any atom is 0.272 e. The molecule has 2 N–H and O–H groups in total. The Hall–Kier alpha value is -4.42. The normalized spacial score (nSPS) is 10.7. The number of hydrogen-bond acceptors (Lipinski definition) is 7. The van der Waals surface area contributed by atoms with E-state index in [4.69, 9.17) is 19.5 Å². The van der Waals surface area contributed by atoms with Gasteiger partial charge in [-0.3, -0.25) is 9.59 Å². The molecule has 184 valence electrons. The van der Waals surface area contributed by atoms with E-state index in [9.17, 15) is 9.59 Å². The first-order valence-corrected chi connectivity index (χ1v) is 11.8. The molecule has 0 aliphatic rings. The third kappa shape index (κ3) is 6.81. The lowest BCUT2D eigenvalue weighted by Crippen LogP contribution is -2.30. The topological polar surface area (TPSA) is 110 Å². The third-order valence-corrected chi connectivity index (χ3v) is 5.78. The number of rotatable bonds is 10. The number of ether oxygens (including phenoxy) is 3. The number of nitrogens with zero attached hydrogens (tertiary/aromatic N) is 1. The van der Waals surface area contributed by atoms with Crippen LogP contribution in [-0.2, 0) is 4.79 Å². The van der Waals surface area contributed by atoms with E-state index in [1.54, 1.807) is 60.7 Å². The number of anilines is 1. The van der Waals surface area contributed by atoms with Gasteiger partial charge in [0.25, 0.3) is 11.8 Å². The first-order valence-electron chi connectivity index (χ1n) is 10.8. The molecule has 36 heavy (non-hydrogen) atoms. The smallest absolute Gasteiger partial charge is 0.272 e. The molecule has 3 aromatic rings. The van der Waals surface area contributed by atoms with Gasteiger partial charge in [0.2, 0.25) is 5.75 Å². The summed E-state index contributed by atoms with van der Waals surface area (Å²) in [7, 11) is 4.48. The van der Waals surface area contributed by atoms with Crippen LogP contribution in [0.3, 0.4) is 0 Å². The van der Waals surface area contributed by atoms with Gasteiger partial charge in [0.05, 0.1) is 33.2 Å². The minimum absolute atomic E-state index is 0.00760. The number of amides is 2.